The number of hydrogen-bond acceptors (Lipinski definition) is 2. The number of allylic oxidation sites excluding steroid dienone is 1. The van der Waals surface area contributed by atoms with Crippen molar-refractivity contribution in [1.82, 2.24) is 0 Å². The van der Waals surface area contributed by atoms with E-state index < -0.39 is 5.97 Å². The highest BCUT2D eigenvalue weighted by atomic mass is 79.9. The fourth-order valence-corrected chi connectivity index (χ4v) is 2.70. The monoisotopic (exact) mass is 288 g/mol. The van der Waals surface area contributed by atoms with Crippen molar-refractivity contribution in [1.29, 1.82) is 0 Å². The highest BCUT2D eigenvalue weighted by Crippen LogP contribution is 2.30. The maximum Gasteiger partial charge on any atom is 0.328 e. The lowest BCUT2D eigenvalue weighted by molar-refractivity contribution is -0.131. The lowest BCUT2D eigenvalue weighted by Gasteiger charge is -2.02. The number of carboxylic acid groups (broad SMARTS) is 1. The number of hydrogen-bond donors (Lipinski definition) is 1. The predicted molar refractivity (Wildman–Crippen MR) is 67.2 cm³/mol. The smallest absolute Gasteiger partial charge is 0.328 e. The van der Waals surface area contributed by atoms with E-state index in [1.807, 2.05) is 12.1 Å². The predicted octanol–water partition coefficient (Wildman–Crippen LogP) is 4.17. The molecule has 0 unspecified atom stereocenters. The molecule has 15 heavy (non-hydrogen) atoms. The van der Waals surface area contributed by atoms with Crippen LogP contribution >= 0.6 is 27.3 Å². The fourth-order valence-electron chi connectivity index (χ4n) is 1.27. The number of aliphatic carboxylic acids is 1. The van der Waals surface area contributed by atoms with E-state index in [4.69, 9.17) is 5.11 Å². The highest BCUT2D eigenvalue weighted by Gasteiger charge is 2.06. The van der Waals surface area contributed by atoms with Crippen LogP contribution in [0.25, 0.3) is 5.57 Å². The Labute approximate surface area is 102 Å². The Balaban J connectivity index is 2.85. The molecule has 0 aliphatic rings. The molecule has 0 aliphatic carbocycles. The van der Waals surface area contributed by atoms with Gasteiger partial charge in [-0.25, -0.2) is 4.79 Å². The standard InChI is InChI=1S/C11H13BrO2S/c1-2-3-4-8(7-11(13)14)9-5-6-10(12)15-9/h5-7H,2-4H2,1H3,(H,13,14)/b8-7+. The number of carboxylic acids is 1. The number of unbranched alkanes of at least 4 members (excludes halogenated alkanes) is 1. The molecule has 1 aromatic rings. The molecule has 0 amide bonds. The third kappa shape index (κ3) is 4.18. The van der Waals surface area contributed by atoms with Crippen LogP contribution in [0.5, 0.6) is 0 Å². The molecule has 0 spiro atoms. The van der Waals surface area contributed by atoms with Crippen molar-refractivity contribution in [3.8, 4) is 0 Å². The first-order valence-electron chi connectivity index (χ1n) is 4.82. The van der Waals surface area contributed by atoms with E-state index in [0.717, 1.165) is 33.5 Å². The quantitative estimate of drug-likeness (QED) is 0.826. The molecule has 0 saturated carbocycles. The van der Waals surface area contributed by atoms with Crippen LogP contribution in [0, 0.1) is 0 Å². The molecule has 0 bridgehead atoms. The van der Waals surface area contributed by atoms with Gasteiger partial charge in [0.15, 0.2) is 0 Å². The van der Waals surface area contributed by atoms with Crippen molar-refractivity contribution in [2.75, 3.05) is 0 Å². The average molecular weight is 289 g/mol. The Morgan fingerprint density at radius 1 is 1.60 bits per heavy atom. The molecule has 0 radical (unpaired) electrons. The van der Waals surface area contributed by atoms with Crippen LogP contribution in [0.3, 0.4) is 0 Å². The molecule has 1 N–H and O–H groups in total. The third-order valence-corrected chi connectivity index (χ3v) is 3.69. The third-order valence-electron chi connectivity index (χ3n) is 1.99. The molecule has 2 nitrogen and oxygen atoms in total. The Morgan fingerprint density at radius 3 is 2.80 bits per heavy atom. The minimum Gasteiger partial charge on any atom is -0.478 e. The van der Waals surface area contributed by atoms with Gasteiger partial charge in [-0.15, -0.1) is 11.3 Å². The SMILES string of the molecule is CCCC/C(=C\C(=O)O)c1ccc(Br)s1. The summed E-state index contributed by atoms with van der Waals surface area (Å²) in [5.41, 5.74) is 0.917. The Bertz CT molecular complexity index is 368. The molecule has 0 saturated heterocycles. The minimum atomic E-state index is -0.870. The van der Waals surface area contributed by atoms with Gasteiger partial charge in [-0.05, 0) is 46.5 Å². The summed E-state index contributed by atoms with van der Waals surface area (Å²) in [6.45, 7) is 2.10. The normalized spacial score (nSPS) is 11.7. The number of thiophene rings is 1. The second kappa shape index (κ2) is 6.08. The van der Waals surface area contributed by atoms with E-state index in [9.17, 15) is 4.79 Å². The van der Waals surface area contributed by atoms with Crippen LogP contribution in [0.2, 0.25) is 0 Å². The molecular formula is C11H13BrO2S. The maximum atomic E-state index is 10.7. The van der Waals surface area contributed by atoms with Gasteiger partial charge in [0.05, 0.1) is 3.79 Å². The zero-order valence-electron chi connectivity index (χ0n) is 8.50. The van der Waals surface area contributed by atoms with Gasteiger partial charge in [0, 0.05) is 11.0 Å². The minimum absolute atomic E-state index is 0.829. The summed E-state index contributed by atoms with van der Waals surface area (Å²) in [5, 5.41) is 8.77. The van der Waals surface area contributed by atoms with Crippen LogP contribution in [0.1, 0.15) is 31.1 Å². The van der Waals surface area contributed by atoms with E-state index in [-0.39, 0.29) is 0 Å². The second-order valence-electron chi connectivity index (χ2n) is 3.22. The first-order valence-corrected chi connectivity index (χ1v) is 6.43. The summed E-state index contributed by atoms with van der Waals surface area (Å²) in [6, 6.07) is 3.90. The molecule has 4 heteroatoms. The molecular weight excluding hydrogens is 276 g/mol. The Hall–Kier alpha value is -0.610. The van der Waals surface area contributed by atoms with Crippen LogP contribution in [-0.2, 0) is 4.79 Å². The summed E-state index contributed by atoms with van der Waals surface area (Å²) in [7, 11) is 0. The van der Waals surface area contributed by atoms with Crippen molar-refractivity contribution in [2.24, 2.45) is 0 Å². The van der Waals surface area contributed by atoms with Crippen molar-refractivity contribution in [3.05, 3.63) is 26.9 Å². The summed E-state index contributed by atoms with van der Waals surface area (Å²) in [6.07, 6.45) is 4.24. The van der Waals surface area contributed by atoms with E-state index in [2.05, 4.69) is 22.9 Å². The molecule has 1 aromatic heterocycles. The molecule has 82 valence electrons. The fraction of sp³-hybridized carbons (Fsp3) is 0.364. The summed E-state index contributed by atoms with van der Waals surface area (Å²) >= 11 is 4.95. The van der Waals surface area contributed by atoms with Gasteiger partial charge < -0.3 is 5.11 Å². The zero-order chi connectivity index (χ0) is 11.3. The van der Waals surface area contributed by atoms with Gasteiger partial charge in [0.2, 0.25) is 0 Å². The zero-order valence-corrected chi connectivity index (χ0v) is 10.9. The Morgan fingerprint density at radius 2 is 2.33 bits per heavy atom. The molecule has 0 aromatic carbocycles. The summed E-state index contributed by atoms with van der Waals surface area (Å²) < 4.78 is 1.03. The molecule has 0 aliphatic heterocycles. The number of rotatable bonds is 5. The second-order valence-corrected chi connectivity index (χ2v) is 5.68. The van der Waals surface area contributed by atoms with Crippen molar-refractivity contribution in [3.63, 3.8) is 0 Å². The van der Waals surface area contributed by atoms with Crippen molar-refractivity contribution >= 4 is 38.8 Å². The van der Waals surface area contributed by atoms with E-state index >= 15 is 0 Å². The molecule has 1 heterocycles. The lowest BCUT2D eigenvalue weighted by atomic mass is 10.1. The van der Waals surface area contributed by atoms with Crippen LogP contribution in [0.4, 0.5) is 0 Å². The first kappa shape index (κ1) is 12.5. The van der Waals surface area contributed by atoms with Gasteiger partial charge in [-0.1, -0.05) is 13.3 Å². The summed E-state index contributed by atoms with van der Waals surface area (Å²) in [4.78, 5) is 11.7. The van der Waals surface area contributed by atoms with Crippen LogP contribution < -0.4 is 0 Å². The van der Waals surface area contributed by atoms with E-state index in [1.165, 1.54) is 6.08 Å². The van der Waals surface area contributed by atoms with Gasteiger partial charge in [-0.3, -0.25) is 0 Å². The molecule has 0 fully saturated rings. The van der Waals surface area contributed by atoms with Gasteiger partial charge in [-0.2, -0.15) is 0 Å². The van der Waals surface area contributed by atoms with E-state index in [0.29, 0.717) is 0 Å². The van der Waals surface area contributed by atoms with E-state index in [1.54, 1.807) is 11.3 Å². The number of carbonyl (C=O) groups is 1. The van der Waals surface area contributed by atoms with Crippen LogP contribution in [0.15, 0.2) is 22.0 Å². The van der Waals surface area contributed by atoms with Gasteiger partial charge in [0.25, 0.3) is 0 Å². The maximum absolute atomic E-state index is 10.7. The molecule has 0 atom stereocenters. The lowest BCUT2D eigenvalue weighted by Crippen LogP contribution is -1.91. The Kier molecular flexibility index (Phi) is 5.05. The number of halogens is 1. The van der Waals surface area contributed by atoms with Gasteiger partial charge >= 0.3 is 5.97 Å². The molecule has 1 rings (SSSR count). The summed E-state index contributed by atoms with van der Waals surface area (Å²) in [5.74, 6) is -0.870. The van der Waals surface area contributed by atoms with Crippen LogP contribution in [-0.4, -0.2) is 11.1 Å². The average Bonchev–Trinajstić information content (AvgIpc) is 2.58. The largest absolute Gasteiger partial charge is 0.478 e. The van der Waals surface area contributed by atoms with Gasteiger partial charge in [0.1, 0.15) is 0 Å². The highest BCUT2D eigenvalue weighted by molar-refractivity contribution is 9.11. The first-order chi connectivity index (χ1) is 7.13. The van der Waals surface area contributed by atoms with Crippen molar-refractivity contribution < 1.29 is 9.90 Å². The van der Waals surface area contributed by atoms with Crippen molar-refractivity contribution in [2.45, 2.75) is 26.2 Å². The topological polar surface area (TPSA) is 37.3 Å².